The van der Waals surface area contributed by atoms with Crippen LogP contribution in [0, 0.1) is 5.92 Å². The fourth-order valence-corrected chi connectivity index (χ4v) is 3.83. The Labute approximate surface area is 188 Å². The van der Waals surface area contributed by atoms with Gasteiger partial charge < -0.3 is 19.4 Å². The molecule has 8 heteroatoms. The zero-order valence-electron chi connectivity index (χ0n) is 18.4. The Morgan fingerprint density at radius 2 is 1.81 bits per heavy atom. The quantitative estimate of drug-likeness (QED) is 0.592. The summed E-state index contributed by atoms with van der Waals surface area (Å²) >= 11 is 0. The van der Waals surface area contributed by atoms with Gasteiger partial charge in [0.1, 0.15) is 12.3 Å². The third kappa shape index (κ3) is 5.07. The van der Waals surface area contributed by atoms with Crippen LogP contribution in [0.4, 0.5) is 5.82 Å². The summed E-state index contributed by atoms with van der Waals surface area (Å²) in [7, 11) is 1.64. The van der Waals surface area contributed by atoms with Crippen molar-refractivity contribution in [1.29, 1.82) is 0 Å². The Bertz CT molecular complexity index is 949. The molecule has 0 radical (unpaired) electrons. The number of anilines is 1. The molecule has 2 amide bonds. The zero-order chi connectivity index (χ0) is 22.5. The van der Waals surface area contributed by atoms with E-state index in [0.29, 0.717) is 32.7 Å². The molecule has 2 aliphatic rings. The highest BCUT2D eigenvalue weighted by Gasteiger charge is 2.34. The van der Waals surface area contributed by atoms with Gasteiger partial charge in [-0.3, -0.25) is 9.59 Å². The van der Waals surface area contributed by atoms with Crippen LogP contribution < -0.4 is 9.64 Å². The van der Waals surface area contributed by atoms with Gasteiger partial charge in [-0.2, -0.15) is 0 Å². The monoisotopic (exact) mass is 435 g/mol. The van der Waals surface area contributed by atoms with Crippen molar-refractivity contribution in [3.63, 3.8) is 0 Å². The molecule has 0 unspecified atom stereocenters. The molecular formula is C24H29N5O3. The second kappa shape index (κ2) is 9.80. The first-order chi connectivity index (χ1) is 15.6. The van der Waals surface area contributed by atoms with Gasteiger partial charge in [-0.15, -0.1) is 16.8 Å². The molecule has 2 aromatic rings. The first-order valence-electron chi connectivity index (χ1n) is 11.0. The van der Waals surface area contributed by atoms with Crippen molar-refractivity contribution in [2.75, 3.05) is 51.3 Å². The summed E-state index contributed by atoms with van der Waals surface area (Å²) in [6.07, 6.45) is 3.54. The van der Waals surface area contributed by atoms with Crippen LogP contribution in [-0.2, 0) is 9.59 Å². The van der Waals surface area contributed by atoms with Gasteiger partial charge in [0.15, 0.2) is 5.82 Å². The van der Waals surface area contributed by atoms with E-state index in [1.54, 1.807) is 18.1 Å². The van der Waals surface area contributed by atoms with E-state index in [4.69, 9.17) is 4.74 Å². The SMILES string of the molecule is C=CCN(CC(=O)N1CCN(c2ccc(-c3ccc(OC)cc3)nn2)CC1)C(=O)C1CC1. The lowest BCUT2D eigenvalue weighted by Gasteiger charge is -2.36. The standard InChI is InChI=1S/C24H29N5O3/c1-3-12-29(24(31)19-4-5-19)17-23(30)28-15-13-27(14-16-28)22-11-10-21(25-26-22)18-6-8-20(32-2)9-7-18/h3,6-11,19H,1,4-5,12-17H2,2H3. The predicted octanol–water partition coefficient (Wildman–Crippen LogP) is 2.23. The number of benzene rings is 1. The molecule has 32 heavy (non-hydrogen) atoms. The van der Waals surface area contributed by atoms with Crippen molar-refractivity contribution >= 4 is 17.6 Å². The third-order valence-corrected chi connectivity index (χ3v) is 5.91. The molecule has 0 atom stereocenters. The van der Waals surface area contributed by atoms with Crippen molar-refractivity contribution < 1.29 is 14.3 Å². The first kappa shape index (κ1) is 21.8. The molecule has 168 valence electrons. The summed E-state index contributed by atoms with van der Waals surface area (Å²) < 4.78 is 5.19. The van der Waals surface area contributed by atoms with Crippen molar-refractivity contribution in [1.82, 2.24) is 20.0 Å². The third-order valence-electron chi connectivity index (χ3n) is 5.91. The Hall–Kier alpha value is -3.42. The molecule has 2 heterocycles. The Balaban J connectivity index is 1.31. The number of rotatable bonds is 8. The van der Waals surface area contributed by atoms with Gasteiger partial charge in [0.25, 0.3) is 0 Å². The molecule has 1 aliphatic heterocycles. The fourth-order valence-electron chi connectivity index (χ4n) is 3.83. The molecule has 2 fully saturated rings. The molecule has 1 saturated carbocycles. The molecule has 8 nitrogen and oxygen atoms in total. The highest BCUT2D eigenvalue weighted by atomic mass is 16.5. The van der Waals surface area contributed by atoms with Gasteiger partial charge in [0, 0.05) is 44.2 Å². The highest BCUT2D eigenvalue weighted by Crippen LogP contribution is 2.31. The van der Waals surface area contributed by atoms with Crippen LogP contribution in [0.25, 0.3) is 11.3 Å². The normalized spacial score (nSPS) is 15.9. The molecular weight excluding hydrogens is 406 g/mol. The maximum absolute atomic E-state index is 12.8. The number of aromatic nitrogens is 2. The molecule has 0 bridgehead atoms. The van der Waals surface area contributed by atoms with E-state index in [2.05, 4.69) is 21.7 Å². The topological polar surface area (TPSA) is 78.9 Å². The minimum atomic E-state index is -0.0126. The van der Waals surface area contributed by atoms with E-state index in [0.717, 1.165) is 35.7 Å². The zero-order valence-corrected chi connectivity index (χ0v) is 18.4. The second-order valence-electron chi connectivity index (χ2n) is 8.15. The Kier molecular flexibility index (Phi) is 6.68. The number of ether oxygens (including phenoxy) is 1. The van der Waals surface area contributed by atoms with Gasteiger partial charge in [-0.1, -0.05) is 6.08 Å². The minimum Gasteiger partial charge on any atom is -0.497 e. The molecule has 1 aromatic heterocycles. The number of amides is 2. The minimum absolute atomic E-state index is 0.0126. The highest BCUT2D eigenvalue weighted by molar-refractivity contribution is 5.87. The Morgan fingerprint density at radius 3 is 2.38 bits per heavy atom. The maximum atomic E-state index is 12.8. The van der Waals surface area contributed by atoms with Gasteiger partial charge in [-0.25, -0.2) is 0 Å². The van der Waals surface area contributed by atoms with E-state index in [-0.39, 0.29) is 24.3 Å². The van der Waals surface area contributed by atoms with Crippen LogP contribution in [0.3, 0.4) is 0 Å². The van der Waals surface area contributed by atoms with Gasteiger partial charge >= 0.3 is 0 Å². The smallest absolute Gasteiger partial charge is 0.242 e. The number of methoxy groups -OCH3 is 1. The lowest BCUT2D eigenvalue weighted by molar-refractivity contribution is -0.141. The average Bonchev–Trinajstić information content (AvgIpc) is 3.69. The first-order valence-corrected chi connectivity index (χ1v) is 11.0. The van der Waals surface area contributed by atoms with Crippen molar-refractivity contribution in [2.24, 2.45) is 5.92 Å². The average molecular weight is 436 g/mol. The summed E-state index contributed by atoms with van der Waals surface area (Å²) in [5.41, 5.74) is 1.78. The van der Waals surface area contributed by atoms with Crippen LogP contribution in [0.5, 0.6) is 5.75 Å². The lowest BCUT2D eigenvalue weighted by Crippen LogP contribution is -2.52. The van der Waals surface area contributed by atoms with Crippen LogP contribution in [0.1, 0.15) is 12.8 Å². The van der Waals surface area contributed by atoms with Gasteiger partial charge in [0.05, 0.1) is 12.8 Å². The summed E-state index contributed by atoms with van der Waals surface area (Å²) in [6.45, 7) is 6.81. The summed E-state index contributed by atoms with van der Waals surface area (Å²) in [5.74, 6) is 1.76. The summed E-state index contributed by atoms with van der Waals surface area (Å²) in [4.78, 5) is 30.7. The second-order valence-corrected chi connectivity index (χ2v) is 8.15. The number of piperazine rings is 1. The molecule has 1 saturated heterocycles. The molecule has 0 N–H and O–H groups in total. The fraction of sp³-hybridized carbons (Fsp3) is 0.417. The lowest BCUT2D eigenvalue weighted by atomic mass is 10.1. The summed E-state index contributed by atoms with van der Waals surface area (Å²) in [6, 6.07) is 11.6. The van der Waals surface area contributed by atoms with E-state index in [1.807, 2.05) is 41.3 Å². The van der Waals surface area contributed by atoms with Crippen molar-refractivity contribution in [3.05, 3.63) is 49.1 Å². The van der Waals surface area contributed by atoms with Crippen molar-refractivity contribution in [3.8, 4) is 17.0 Å². The van der Waals surface area contributed by atoms with Crippen LogP contribution in [-0.4, -0.2) is 78.2 Å². The predicted molar refractivity (Wildman–Crippen MR) is 122 cm³/mol. The van der Waals surface area contributed by atoms with Gasteiger partial charge in [-0.05, 0) is 49.2 Å². The largest absolute Gasteiger partial charge is 0.497 e. The Morgan fingerprint density at radius 1 is 1.09 bits per heavy atom. The maximum Gasteiger partial charge on any atom is 0.242 e. The molecule has 1 aliphatic carbocycles. The molecule has 0 spiro atoms. The van der Waals surface area contributed by atoms with Crippen LogP contribution in [0.2, 0.25) is 0 Å². The number of carbonyl (C=O) groups excluding carboxylic acids is 2. The molecule has 4 rings (SSSR count). The van der Waals surface area contributed by atoms with E-state index >= 15 is 0 Å². The van der Waals surface area contributed by atoms with Crippen LogP contribution in [0.15, 0.2) is 49.1 Å². The van der Waals surface area contributed by atoms with Crippen molar-refractivity contribution in [2.45, 2.75) is 12.8 Å². The van der Waals surface area contributed by atoms with E-state index in [1.165, 1.54) is 0 Å². The number of carbonyl (C=O) groups is 2. The van der Waals surface area contributed by atoms with Gasteiger partial charge in [0.2, 0.25) is 11.8 Å². The van der Waals surface area contributed by atoms with Crippen LogP contribution >= 0.6 is 0 Å². The summed E-state index contributed by atoms with van der Waals surface area (Å²) in [5, 5.41) is 8.76. The number of hydrogen-bond donors (Lipinski definition) is 0. The molecule has 1 aromatic carbocycles. The van der Waals surface area contributed by atoms with E-state index in [9.17, 15) is 9.59 Å². The number of hydrogen-bond acceptors (Lipinski definition) is 6. The number of nitrogens with zero attached hydrogens (tertiary/aromatic N) is 5. The van der Waals surface area contributed by atoms with E-state index < -0.39 is 0 Å².